The van der Waals surface area contributed by atoms with Gasteiger partial charge in [-0.25, -0.2) is 0 Å². The van der Waals surface area contributed by atoms with Gasteiger partial charge in [-0.1, -0.05) is 0 Å². The first-order chi connectivity index (χ1) is 15.4. The monoisotopic (exact) mass is 519 g/mol. The van der Waals surface area contributed by atoms with Crippen molar-refractivity contribution in [2.75, 3.05) is 18.0 Å². The second kappa shape index (κ2) is 11.4. The van der Waals surface area contributed by atoms with Gasteiger partial charge in [0, 0.05) is 0 Å². The van der Waals surface area contributed by atoms with Crippen LogP contribution in [0.4, 0.5) is 10.4 Å². The summed E-state index contributed by atoms with van der Waals surface area (Å²) >= 11 is 5.81. The third-order valence-electron chi connectivity index (χ3n) is 5.11. The number of non-ortho nitro benzene ring substituents is 1. The van der Waals surface area contributed by atoms with Crippen molar-refractivity contribution < 1.29 is 9.72 Å². The van der Waals surface area contributed by atoms with Gasteiger partial charge in [-0.3, -0.25) is 0 Å². The van der Waals surface area contributed by atoms with Gasteiger partial charge in [0.2, 0.25) is 0 Å². The molecule has 3 rings (SSSR count). The van der Waals surface area contributed by atoms with Crippen molar-refractivity contribution in [1.82, 2.24) is 4.98 Å². The number of carbonyl (C=O) groups is 1. The zero-order valence-electron chi connectivity index (χ0n) is 18.2. The summed E-state index contributed by atoms with van der Waals surface area (Å²) in [5, 5.41) is 11.6. The number of nitrogens with zero attached hydrogens (tertiary/aromatic N) is 3. The summed E-state index contributed by atoms with van der Waals surface area (Å²) in [7, 11) is 0. The van der Waals surface area contributed by atoms with Gasteiger partial charge in [-0.05, 0) is 0 Å². The molecule has 0 N–H and O–H groups in total. The van der Waals surface area contributed by atoms with Crippen molar-refractivity contribution in [2.45, 2.75) is 39.5 Å². The first-order valence-electron chi connectivity index (χ1n) is 10.8. The molecule has 1 heterocycles. The van der Waals surface area contributed by atoms with Crippen molar-refractivity contribution in [3.63, 3.8) is 0 Å². The number of hydrogen-bond acceptors (Lipinski definition) is 5. The molecule has 0 aliphatic heterocycles. The van der Waals surface area contributed by atoms with E-state index in [0.29, 0.717) is 20.7 Å². The van der Waals surface area contributed by atoms with Crippen molar-refractivity contribution in [3.05, 3.63) is 73.7 Å². The summed E-state index contributed by atoms with van der Waals surface area (Å²) in [5.74, 6) is -0.130. The van der Waals surface area contributed by atoms with E-state index >= 15 is 0 Å². The molecule has 0 atom stereocenters. The SMILES string of the molecule is CCCCN(CCCC)c1nc(-c2ccc(Cl)cc2)c(C(=O)c2ccc([N+](=O)[O-])cc2)[se]1. The summed E-state index contributed by atoms with van der Waals surface area (Å²) in [5.41, 5.74) is 1.93. The number of carbonyl (C=O) groups excluding carboxylic acids is 1. The van der Waals surface area contributed by atoms with Gasteiger partial charge in [-0.2, -0.15) is 0 Å². The first kappa shape index (κ1) is 24.2. The van der Waals surface area contributed by atoms with Crippen LogP contribution in [0.5, 0.6) is 0 Å². The fourth-order valence-corrected chi connectivity index (χ4v) is 5.71. The molecule has 0 spiro atoms. The Kier molecular flexibility index (Phi) is 8.62. The minimum atomic E-state index is -0.466. The molecule has 0 bridgehead atoms. The summed E-state index contributed by atoms with van der Waals surface area (Å²) in [4.78, 5) is 31.2. The van der Waals surface area contributed by atoms with Crippen LogP contribution < -0.4 is 4.90 Å². The number of halogens is 1. The Morgan fingerprint density at radius 1 is 1.03 bits per heavy atom. The number of aromatic nitrogens is 1. The zero-order chi connectivity index (χ0) is 23.1. The van der Waals surface area contributed by atoms with Gasteiger partial charge in [0.25, 0.3) is 0 Å². The molecule has 0 saturated carbocycles. The van der Waals surface area contributed by atoms with Crippen LogP contribution in [0.25, 0.3) is 11.3 Å². The average molecular weight is 519 g/mol. The van der Waals surface area contributed by atoms with Crippen LogP contribution in [0.1, 0.15) is 54.3 Å². The van der Waals surface area contributed by atoms with Crippen LogP contribution in [0.3, 0.4) is 0 Å². The predicted octanol–water partition coefficient (Wildman–Crippen LogP) is 6.00. The molecule has 0 aliphatic rings. The van der Waals surface area contributed by atoms with Gasteiger partial charge < -0.3 is 0 Å². The average Bonchev–Trinajstić information content (AvgIpc) is 3.24. The van der Waals surface area contributed by atoms with Crippen LogP contribution in [0, 0.1) is 10.1 Å². The first-order valence-corrected chi connectivity index (χ1v) is 12.8. The zero-order valence-corrected chi connectivity index (χ0v) is 20.7. The molecule has 1 aromatic heterocycles. The normalized spacial score (nSPS) is 10.8. The topological polar surface area (TPSA) is 76.3 Å². The Balaban J connectivity index is 2.04. The van der Waals surface area contributed by atoms with Crippen LogP contribution in [0.15, 0.2) is 48.5 Å². The summed E-state index contributed by atoms with van der Waals surface area (Å²) in [6.07, 6.45) is 4.32. The van der Waals surface area contributed by atoms with E-state index in [9.17, 15) is 14.9 Å². The van der Waals surface area contributed by atoms with E-state index in [1.54, 1.807) is 12.1 Å². The third-order valence-corrected chi connectivity index (χ3v) is 7.70. The predicted molar refractivity (Wildman–Crippen MR) is 130 cm³/mol. The number of anilines is 1. The van der Waals surface area contributed by atoms with Crippen molar-refractivity contribution in [2.24, 2.45) is 0 Å². The second-order valence-corrected chi connectivity index (χ2v) is 10.00. The van der Waals surface area contributed by atoms with E-state index in [1.807, 2.05) is 12.1 Å². The van der Waals surface area contributed by atoms with Crippen molar-refractivity contribution in [3.8, 4) is 11.3 Å². The molecule has 8 heteroatoms. The number of hydrogen-bond donors (Lipinski definition) is 0. The van der Waals surface area contributed by atoms with Crippen molar-refractivity contribution >= 4 is 42.3 Å². The van der Waals surface area contributed by atoms with E-state index in [-0.39, 0.29) is 26.0 Å². The Morgan fingerprint density at radius 2 is 1.62 bits per heavy atom. The molecule has 2 aromatic carbocycles. The van der Waals surface area contributed by atoms with E-state index in [0.717, 1.165) is 49.0 Å². The summed E-state index contributed by atoms with van der Waals surface area (Å²) in [6.45, 7) is 6.18. The number of rotatable bonds is 11. The van der Waals surface area contributed by atoms with Crippen LogP contribution in [-0.2, 0) is 0 Å². The molecule has 0 saturated heterocycles. The Labute approximate surface area is 199 Å². The molecule has 6 nitrogen and oxygen atoms in total. The van der Waals surface area contributed by atoms with E-state index < -0.39 is 4.92 Å². The fraction of sp³-hybridized carbons (Fsp3) is 0.333. The van der Waals surface area contributed by atoms with Gasteiger partial charge in [0.15, 0.2) is 0 Å². The van der Waals surface area contributed by atoms with Crippen LogP contribution in [-0.4, -0.2) is 43.3 Å². The Morgan fingerprint density at radius 3 is 2.16 bits per heavy atom. The molecule has 3 aromatic rings. The van der Waals surface area contributed by atoms with E-state index in [4.69, 9.17) is 16.6 Å². The van der Waals surface area contributed by atoms with Gasteiger partial charge in [-0.15, -0.1) is 0 Å². The molecular formula is C24H26ClN3O3Se. The van der Waals surface area contributed by atoms with Gasteiger partial charge in [0.05, 0.1) is 0 Å². The number of ketones is 1. The molecule has 0 amide bonds. The molecule has 0 fully saturated rings. The molecule has 168 valence electrons. The molecular weight excluding hydrogens is 493 g/mol. The maximum absolute atomic E-state index is 13.4. The van der Waals surface area contributed by atoms with E-state index in [2.05, 4.69) is 18.7 Å². The number of unbranched alkanes of at least 4 members (excludes halogenated alkanes) is 2. The quantitative estimate of drug-likeness (QED) is 0.135. The number of nitro groups is 1. The second-order valence-electron chi connectivity index (χ2n) is 7.51. The minimum absolute atomic E-state index is 0.0346. The molecule has 0 radical (unpaired) electrons. The maximum atomic E-state index is 13.4. The van der Waals surface area contributed by atoms with Crippen molar-refractivity contribution in [1.29, 1.82) is 0 Å². The van der Waals surface area contributed by atoms with Gasteiger partial charge in [0.1, 0.15) is 0 Å². The van der Waals surface area contributed by atoms with Crippen LogP contribution in [0.2, 0.25) is 5.02 Å². The van der Waals surface area contributed by atoms with E-state index in [1.165, 1.54) is 24.3 Å². The number of nitro benzene ring substituents is 1. The fourth-order valence-electron chi connectivity index (χ4n) is 3.27. The molecule has 32 heavy (non-hydrogen) atoms. The Bertz CT molecular complexity index is 1060. The number of benzene rings is 2. The molecule has 0 unspecified atom stereocenters. The Hall–Kier alpha value is -2.47. The van der Waals surface area contributed by atoms with Crippen LogP contribution >= 0.6 is 11.6 Å². The standard InChI is InChI=1S/C24H26ClN3O3Se/c1-3-5-15-27(16-6-4-2)24-26-21(17-7-11-19(25)12-8-17)23(32-24)22(29)18-9-13-20(14-10-18)28(30)31/h7-14H,3-6,15-16H2,1-2H3. The summed E-state index contributed by atoms with van der Waals surface area (Å²) < 4.78 is 1.64. The third kappa shape index (κ3) is 5.85. The van der Waals surface area contributed by atoms with Gasteiger partial charge >= 0.3 is 199 Å². The summed E-state index contributed by atoms with van der Waals surface area (Å²) in [6, 6.07) is 13.1. The molecule has 0 aliphatic carbocycles.